The molecular formula is C16H19Cl2NOS. The number of thioether (sulfide) groups is 1. The van der Waals surface area contributed by atoms with Gasteiger partial charge in [-0.05, 0) is 49.4 Å². The van der Waals surface area contributed by atoms with Gasteiger partial charge in [-0.15, -0.1) is 11.8 Å². The minimum atomic E-state index is -0.520. The van der Waals surface area contributed by atoms with E-state index in [1.807, 2.05) is 12.3 Å². The maximum atomic E-state index is 6.17. The maximum Gasteiger partial charge on any atom is 0.192 e. The van der Waals surface area contributed by atoms with Crippen LogP contribution in [0.2, 0.25) is 10.0 Å². The summed E-state index contributed by atoms with van der Waals surface area (Å²) in [6.07, 6.45) is 9.32. The van der Waals surface area contributed by atoms with Crippen molar-refractivity contribution >= 4 is 35.0 Å². The van der Waals surface area contributed by atoms with Crippen LogP contribution in [-0.2, 0) is 0 Å². The standard InChI is InChI=1S/C16H19Cl2NOS/c1-11(10-19)12-4-3-7-16(9-12,21-2)20-13-5-6-14(17)15(18)8-13/h3,5-9,11H,4,10,19H2,1-2H3. The molecule has 2 rings (SSSR count). The van der Waals surface area contributed by atoms with Gasteiger partial charge in [0.15, 0.2) is 4.93 Å². The molecule has 0 aromatic heterocycles. The van der Waals surface area contributed by atoms with E-state index in [-0.39, 0.29) is 0 Å². The fourth-order valence-corrected chi connectivity index (χ4v) is 3.15. The second-order valence-corrected chi connectivity index (χ2v) is 6.93. The third-order valence-corrected chi connectivity index (χ3v) is 5.28. The Balaban J connectivity index is 2.28. The maximum absolute atomic E-state index is 6.17. The first kappa shape index (κ1) is 16.8. The molecule has 0 bridgehead atoms. The van der Waals surface area contributed by atoms with Crippen LogP contribution in [0.15, 0.2) is 42.0 Å². The molecule has 21 heavy (non-hydrogen) atoms. The normalized spacial score (nSPS) is 22.8. The lowest BCUT2D eigenvalue weighted by Crippen LogP contribution is -2.30. The number of hydrogen-bond acceptors (Lipinski definition) is 3. The van der Waals surface area contributed by atoms with Crippen LogP contribution in [-0.4, -0.2) is 17.7 Å². The summed E-state index contributed by atoms with van der Waals surface area (Å²) >= 11 is 13.6. The van der Waals surface area contributed by atoms with Crippen LogP contribution in [0.5, 0.6) is 5.75 Å². The van der Waals surface area contributed by atoms with E-state index >= 15 is 0 Å². The van der Waals surface area contributed by atoms with Gasteiger partial charge in [0, 0.05) is 6.07 Å². The third kappa shape index (κ3) is 3.98. The Morgan fingerprint density at radius 1 is 1.38 bits per heavy atom. The molecular weight excluding hydrogens is 325 g/mol. The Bertz CT molecular complexity index is 573. The molecule has 2 N–H and O–H groups in total. The highest BCUT2D eigenvalue weighted by Crippen LogP contribution is 2.37. The Hall–Kier alpha value is -0.610. The molecule has 0 fully saturated rings. The largest absolute Gasteiger partial charge is 0.469 e. The van der Waals surface area contributed by atoms with Gasteiger partial charge in [-0.1, -0.05) is 41.8 Å². The average molecular weight is 344 g/mol. The molecule has 0 aliphatic heterocycles. The van der Waals surface area contributed by atoms with E-state index in [9.17, 15) is 0 Å². The second-order valence-electron chi connectivity index (χ2n) is 5.07. The van der Waals surface area contributed by atoms with Crippen molar-refractivity contribution in [3.05, 3.63) is 52.0 Å². The summed E-state index contributed by atoms with van der Waals surface area (Å²) in [5, 5.41) is 1.01. The molecule has 1 aromatic rings. The molecule has 1 aliphatic carbocycles. The van der Waals surface area contributed by atoms with E-state index < -0.39 is 4.93 Å². The molecule has 1 aliphatic rings. The number of allylic oxidation sites excluding steroid dienone is 1. The number of rotatable bonds is 5. The fraction of sp³-hybridized carbons (Fsp3) is 0.375. The molecule has 0 radical (unpaired) electrons. The topological polar surface area (TPSA) is 35.2 Å². The summed E-state index contributed by atoms with van der Waals surface area (Å²) in [6.45, 7) is 2.77. The molecule has 0 amide bonds. The number of benzene rings is 1. The highest BCUT2D eigenvalue weighted by molar-refractivity contribution is 8.00. The molecule has 0 heterocycles. The smallest absolute Gasteiger partial charge is 0.192 e. The SMILES string of the molecule is CSC1(Oc2ccc(Cl)c(Cl)c2)C=CCC(C(C)CN)=C1. The molecule has 2 nitrogen and oxygen atoms in total. The minimum Gasteiger partial charge on any atom is -0.469 e. The molecule has 0 saturated carbocycles. The Kier molecular flexibility index (Phi) is 5.67. The molecule has 0 saturated heterocycles. The van der Waals surface area contributed by atoms with Crippen molar-refractivity contribution in [1.82, 2.24) is 0 Å². The van der Waals surface area contributed by atoms with Crippen molar-refractivity contribution in [3.63, 3.8) is 0 Å². The van der Waals surface area contributed by atoms with Gasteiger partial charge in [-0.3, -0.25) is 0 Å². The fourth-order valence-electron chi connectivity index (χ4n) is 2.18. The summed E-state index contributed by atoms with van der Waals surface area (Å²) in [6, 6.07) is 5.31. The zero-order chi connectivity index (χ0) is 15.5. The summed E-state index contributed by atoms with van der Waals surface area (Å²) < 4.78 is 6.17. The van der Waals surface area contributed by atoms with Gasteiger partial charge in [0.05, 0.1) is 10.0 Å². The number of halogens is 2. The van der Waals surface area contributed by atoms with Crippen LogP contribution < -0.4 is 10.5 Å². The van der Waals surface area contributed by atoms with E-state index in [1.165, 1.54) is 5.57 Å². The van der Waals surface area contributed by atoms with Gasteiger partial charge in [0.1, 0.15) is 5.75 Å². The van der Waals surface area contributed by atoms with Crippen molar-refractivity contribution in [3.8, 4) is 5.75 Å². The lowest BCUT2D eigenvalue weighted by Gasteiger charge is -2.31. The first-order valence-electron chi connectivity index (χ1n) is 6.78. The number of hydrogen-bond donors (Lipinski definition) is 1. The van der Waals surface area contributed by atoms with Gasteiger partial charge in [-0.25, -0.2) is 0 Å². The summed E-state index contributed by atoms with van der Waals surface area (Å²) in [7, 11) is 0. The predicted molar refractivity (Wildman–Crippen MR) is 93.4 cm³/mol. The first-order valence-corrected chi connectivity index (χ1v) is 8.76. The molecule has 2 unspecified atom stereocenters. The van der Waals surface area contributed by atoms with Crippen molar-refractivity contribution < 1.29 is 4.74 Å². The lowest BCUT2D eigenvalue weighted by molar-refractivity contribution is 0.260. The Morgan fingerprint density at radius 3 is 2.76 bits per heavy atom. The predicted octanol–water partition coefficient (Wildman–Crippen LogP) is 4.91. The van der Waals surface area contributed by atoms with E-state index in [4.69, 9.17) is 33.7 Å². The highest BCUT2D eigenvalue weighted by atomic mass is 35.5. The van der Waals surface area contributed by atoms with Crippen molar-refractivity contribution in [2.24, 2.45) is 11.7 Å². The first-order chi connectivity index (χ1) is 9.99. The highest BCUT2D eigenvalue weighted by Gasteiger charge is 2.29. The minimum absolute atomic E-state index is 0.346. The summed E-state index contributed by atoms with van der Waals surface area (Å²) in [5.41, 5.74) is 7.08. The summed E-state index contributed by atoms with van der Waals surface area (Å²) in [4.78, 5) is -0.520. The van der Waals surface area contributed by atoms with Gasteiger partial charge in [-0.2, -0.15) is 0 Å². The molecule has 5 heteroatoms. The van der Waals surface area contributed by atoms with Gasteiger partial charge >= 0.3 is 0 Å². The molecule has 114 valence electrons. The van der Waals surface area contributed by atoms with Crippen LogP contribution >= 0.6 is 35.0 Å². The monoisotopic (exact) mass is 343 g/mol. The van der Waals surface area contributed by atoms with E-state index in [1.54, 1.807) is 23.9 Å². The van der Waals surface area contributed by atoms with Gasteiger partial charge in [0.25, 0.3) is 0 Å². The second kappa shape index (κ2) is 7.10. The van der Waals surface area contributed by atoms with Crippen molar-refractivity contribution in [2.45, 2.75) is 18.3 Å². The van der Waals surface area contributed by atoms with Crippen molar-refractivity contribution in [2.75, 3.05) is 12.8 Å². The Labute approximate surface area is 140 Å². The van der Waals surface area contributed by atoms with Gasteiger partial charge < -0.3 is 10.5 Å². The van der Waals surface area contributed by atoms with Crippen LogP contribution in [0.1, 0.15) is 13.3 Å². The van der Waals surface area contributed by atoms with Crippen LogP contribution in [0.4, 0.5) is 0 Å². The van der Waals surface area contributed by atoms with E-state index in [0.29, 0.717) is 28.3 Å². The van der Waals surface area contributed by atoms with Crippen LogP contribution in [0.25, 0.3) is 0 Å². The van der Waals surface area contributed by atoms with Crippen LogP contribution in [0, 0.1) is 5.92 Å². The van der Waals surface area contributed by atoms with E-state index in [2.05, 4.69) is 25.2 Å². The zero-order valence-electron chi connectivity index (χ0n) is 12.1. The Morgan fingerprint density at radius 2 is 2.14 bits per heavy atom. The van der Waals surface area contributed by atoms with E-state index in [0.717, 1.165) is 6.42 Å². The third-order valence-electron chi connectivity index (χ3n) is 3.56. The number of ether oxygens (including phenoxy) is 1. The summed E-state index contributed by atoms with van der Waals surface area (Å²) in [5.74, 6) is 1.04. The quantitative estimate of drug-likeness (QED) is 0.609. The van der Waals surface area contributed by atoms with Crippen molar-refractivity contribution in [1.29, 1.82) is 0 Å². The number of nitrogens with two attached hydrogens (primary N) is 1. The molecule has 2 atom stereocenters. The lowest BCUT2D eigenvalue weighted by atomic mass is 9.93. The molecule has 1 aromatic carbocycles. The van der Waals surface area contributed by atoms with Crippen LogP contribution in [0.3, 0.4) is 0 Å². The molecule has 0 spiro atoms. The average Bonchev–Trinajstić information content (AvgIpc) is 2.50. The van der Waals surface area contributed by atoms with Gasteiger partial charge in [0.2, 0.25) is 0 Å². The zero-order valence-corrected chi connectivity index (χ0v) is 14.4.